The Kier molecular flexibility index (Phi) is 4.54. The molecule has 7 aromatic rings. The predicted molar refractivity (Wildman–Crippen MR) is 167 cm³/mol. The number of furan rings is 1. The van der Waals surface area contributed by atoms with Gasteiger partial charge in [0.2, 0.25) is 0 Å². The number of fused-ring (bicyclic) bond motifs is 3. The van der Waals surface area contributed by atoms with E-state index in [0.717, 1.165) is 54.8 Å². The van der Waals surface area contributed by atoms with Gasteiger partial charge in [-0.05, 0) is 49.9 Å². The highest BCUT2D eigenvalue weighted by Crippen LogP contribution is 2.46. The molecule has 1 nitrogen and oxygen atoms in total. The minimum Gasteiger partial charge on any atom is -0.455 e. The Labute approximate surface area is 233 Å². The monoisotopic (exact) mass is 502 g/mol. The Morgan fingerprint density at radius 3 is 1.82 bits per heavy atom. The quantitative estimate of drug-likeness (QED) is 0.213. The Balaban J connectivity index is 1.64. The maximum Gasteiger partial charge on any atom is 0.142 e. The van der Waals surface area contributed by atoms with Crippen molar-refractivity contribution in [3.05, 3.63) is 157 Å². The van der Waals surface area contributed by atoms with Gasteiger partial charge in [0.25, 0.3) is 0 Å². The summed E-state index contributed by atoms with van der Waals surface area (Å²) in [7, 11) is 0. The van der Waals surface area contributed by atoms with E-state index in [0.29, 0.717) is 22.5 Å². The Morgan fingerprint density at radius 1 is 0.641 bits per heavy atom. The zero-order chi connectivity index (χ0) is 29.8. The van der Waals surface area contributed by atoms with E-state index in [-0.39, 0.29) is 24.2 Å². The highest BCUT2D eigenvalue weighted by atomic mass is 16.3. The third-order valence-electron chi connectivity index (χ3n) is 7.35. The van der Waals surface area contributed by atoms with Crippen LogP contribution in [0.5, 0.6) is 0 Å². The van der Waals surface area contributed by atoms with E-state index in [2.05, 4.69) is 13.2 Å². The molecule has 0 aliphatic rings. The summed E-state index contributed by atoms with van der Waals surface area (Å²) in [5.41, 5.74) is 5.67. The molecule has 0 amide bonds. The van der Waals surface area contributed by atoms with Crippen LogP contribution in [0.25, 0.3) is 66.4 Å². The number of hydrogen-bond acceptors (Lipinski definition) is 1. The Bertz CT molecular complexity index is 2200. The van der Waals surface area contributed by atoms with Gasteiger partial charge < -0.3 is 4.42 Å². The van der Waals surface area contributed by atoms with Gasteiger partial charge in [-0.1, -0.05) is 140 Å². The zero-order valence-electron chi connectivity index (χ0n) is 25.2. The summed E-state index contributed by atoms with van der Waals surface area (Å²) in [6.45, 7) is 8.63. The molecule has 0 saturated heterocycles. The average Bonchev–Trinajstić information content (AvgIpc) is 3.43. The average molecular weight is 503 g/mol. The molecule has 7 rings (SSSR count). The predicted octanol–water partition coefficient (Wildman–Crippen LogP) is 10.8. The Morgan fingerprint density at radius 2 is 1.18 bits per heavy atom. The van der Waals surface area contributed by atoms with Crippen LogP contribution in [0.2, 0.25) is 0 Å². The van der Waals surface area contributed by atoms with Crippen LogP contribution >= 0.6 is 0 Å². The van der Waals surface area contributed by atoms with Gasteiger partial charge >= 0.3 is 0 Å². The summed E-state index contributed by atoms with van der Waals surface area (Å²) < 4.78 is 41.7. The van der Waals surface area contributed by atoms with Crippen LogP contribution in [-0.4, -0.2) is 0 Å². The second kappa shape index (κ2) is 9.31. The molecule has 1 heteroatoms. The fraction of sp³-hybridized carbons (Fsp3) is 0. The van der Waals surface area contributed by atoms with Gasteiger partial charge in [0.05, 0.1) is 5.48 Å². The molecule has 0 saturated carbocycles. The summed E-state index contributed by atoms with van der Waals surface area (Å²) in [6, 6.07) is 32.6. The van der Waals surface area contributed by atoms with Crippen LogP contribution in [0.15, 0.2) is 145 Å². The lowest BCUT2D eigenvalue weighted by Gasteiger charge is -2.20. The second-order valence-electron chi connectivity index (χ2n) is 9.48. The van der Waals surface area contributed by atoms with Crippen molar-refractivity contribution < 1.29 is 9.90 Å². The van der Waals surface area contributed by atoms with E-state index in [4.69, 9.17) is 9.90 Å². The lowest BCUT2D eigenvalue weighted by Crippen LogP contribution is -1.95. The molecule has 0 radical (unpaired) electrons. The zero-order valence-corrected chi connectivity index (χ0v) is 21.2. The van der Waals surface area contributed by atoms with Crippen molar-refractivity contribution in [2.75, 3.05) is 0 Å². The van der Waals surface area contributed by atoms with Gasteiger partial charge in [0.1, 0.15) is 11.3 Å². The molecule has 39 heavy (non-hydrogen) atoms. The summed E-state index contributed by atoms with van der Waals surface area (Å²) in [5.74, 6) is 0.644. The number of para-hydroxylation sites is 1. The summed E-state index contributed by atoms with van der Waals surface area (Å²) in [5, 5.41) is 4.49. The van der Waals surface area contributed by atoms with Crippen LogP contribution in [0, 0.1) is 0 Å². The number of hydrogen-bond donors (Lipinski definition) is 0. The molecule has 1 aromatic heterocycles. The van der Waals surface area contributed by atoms with Gasteiger partial charge in [0.15, 0.2) is 0 Å². The SMILES string of the molecule is [2H]c1c([2H])c([2H])c(-c2c3ccccc3c(C(=C)c3oc4ccccc4c3C=C)c3ccccc23)c(-c2ccccc2)c1[2H]. The molecule has 0 aliphatic heterocycles. The summed E-state index contributed by atoms with van der Waals surface area (Å²) in [6.07, 6.45) is 1.80. The summed E-state index contributed by atoms with van der Waals surface area (Å²) in [4.78, 5) is 0. The minimum atomic E-state index is -0.265. The smallest absolute Gasteiger partial charge is 0.142 e. The van der Waals surface area contributed by atoms with Crippen LogP contribution in [0.3, 0.4) is 0 Å². The lowest BCUT2D eigenvalue weighted by atomic mass is 9.83. The molecular weight excluding hydrogens is 472 g/mol. The van der Waals surface area contributed by atoms with Crippen LogP contribution < -0.4 is 0 Å². The molecule has 0 atom stereocenters. The van der Waals surface area contributed by atoms with E-state index in [9.17, 15) is 0 Å². The van der Waals surface area contributed by atoms with E-state index >= 15 is 0 Å². The van der Waals surface area contributed by atoms with Crippen LogP contribution in [0.4, 0.5) is 0 Å². The topological polar surface area (TPSA) is 13.1 Å². The normalized spacial score (nSPS) is 12.7. The molecule has 0 fully saturated rings. The molecule has 0 spiro atoms. The van der Waals surface area contributed by atoms with Crippen molar-refractivity contribution in [3.8, 4) is 22.3 Å². The third-order valence-corrected chi connectivity index (χ3v) is 7.35. The number of rotatable bonds is 5. The van der Waals surface area contributed by atoms with Crippen molar-refractivity contribution in [3.63, 3.8) is 0 Å². The Hall–Kier alpha value is -5.14. The highest BCUT2D eigenvalue weighted by Gasteiger charge is 2.22. The van der Waals surface area contributed by atoms with Gasteiger partial charge in [-0.25, -0.2) is 0 Å². The maximum atomic E-state index is 9.16. The third kappa shape index (κ3) is 3.63. The van der Waals surface area contributed by atoms with E-state index in [1.54, 1.807) is 6.08 Å². The molecule has 6 aromatic carbocycles. The molecule has 0 aliphatic carbocycles. The standard InChI is InChI=1S/C38H26O/c1-3-27-29-18-13-14-24-35(29)39-38(27)25(2)36-31-20-9-11-22-33(31)37(34-23-12-10-21-32(34)36)30-19-8-7-17-28(30)26-15-5-4-6-16-26/h3-24H,1-2H2/i7D,8D,17D,19D. The molecule has 184 valence electrons. The largest absolute Gasteiger partial charge is 0.455 e. The molecule has 1 heterocycles. The van der Waals surface area contributed by atoms with Crippen LogP contribution in [0.1, 0.15) is 22.4 Å². The molecule has 0 unspecified atom stereocenters. The van der Waals surface area contributed by atoms with Gasteiger partial charge in [-0.15, -0.1) is 0 Å². The van der Waals surface area contributed by atoms with Gasteiger partial charge in [-0.3, -0.25) is 0 Å². The van der Waals surface area contributed by atoms with Gasteiger partial charge in [0, 0.05) is 22.1 Å². The lowest BCUT2D eigenvalue weighted by molar-refractivity contribution is 0.600. The molecule has 0 N–H and O–H groups in total. The van der Waals surface area contributed by atoms with Crippen molar-refractivity contribution in [1.29, 1.82) is 0 Å². The van der Waals surface area contributed by atoms with E-state index in [1.165, 1.54) is 0 Å². The fourth-order valence-electron chi connectivity index (χ4n) is 5.65. The maximum absolute atomic E-state index is 9.16. The minimum absolute atomic E-state index is 0.0678. The summed E-state index contributed by atoms with van der Waals surface area (Å²) >= 11 is 0. The first-order valence-corrected chi connectivity index (χ1v) is 12.9. The first-order valence-electron chi connectivity index (χ1n) is 14.9. The first-order chi connectivity index (χ1) is 20.9. The van der Waals surface area contributed by atoms with Crippen LogP contribution in [-0.2, 0) is 0 Å². The van der Waals surface area contributed by atoms with Crippen molar-refractivity contribution >= 4 is 44.2 Å². The van der Waals surface area contributed by atoms with Gasteiger partial charge in [-0.2, -0.15) is 0 Å². The highest BCUT2D eigenvalue weighted by molar-refractivity contribution is 6.21. The van der Waals surface area contributed by atoms with E-state index < -0.39 is 0 Å². The first kappa shape index (κ1) is 19.0. The van der Waals surface area contributed by atoms with E-state index in [1.807, 2.05) is 103 Å². The number of benzene rings is 6. The molecule has 0 bridgehead atoms. The van der Waals surface area contributed by atoms with Crippen molar-refractivity contribution in [1.82, 2.24) is 0 Å². The second-order valence-corrected chi connectivity index (χ2v) is 9.48. The molecular formula is C38H26O. The van der Waals surface area contributed by atoms with Crippen molar-refractivity contribution in [2.45, 2.75) is 0 Å². The fourth-order valence-corrected chi connectivity index (χ4v) is 5.65. The van der Waals surface area contributed by atoms with Crippen molar-refractivity contribution in [2.24, 2.45) is 0 Å².